The molecule has 0 aliphatic rings. The summed E-state index contributed by atoms with van der Waals surface area (Å²) in [6.07, 6.45) is 1.72. The van der Waals surface area contributed by atoms with E-state index in [1.165, 1.54) is 0 Å². The van der Waals surface area contributed by atoms with Gasteiger partial charge in [-0.25, -0.2) is 0 Å². The fourth-order valence-corrected chi connectivity index (χ4v) is 1.48. The second-order valence-corrected chi connectivity index (χ2v) is 3.38. The normalized spacial score (nSPS) is 12.7. The van der Waals surface area contributed by atoms with E-state index in [0.717, 1.165) is 16.9 Å². The Balaban J connectivity index is 2.29. The number of rotatable bonds is 2. The molecular formula is C12H13NO. The molecule has 1 heterocycles. The molecule has 1 atom stereocenters. The van der Waals surface area contributed by atoms with Crippen LogP contribution in [0.15, 0.2) is 47.1 Å². The van der Waals surface area contributed by atoms with E-state index in [1.807, 2.05) is 43.3 Å². The Hall–Kier alpha value is -1.54. The Labute approximate surface area is 83.4 Å². The lowest BCUT2D eigenvalue weighted by Crippen LogP contribution is -2.10. The van der Waals surface area contributed by atoms with Gasteiger partial charge in [0.05, 0.1) is 12.3 Å². The van der Waals surface area contributed by atoms with Crippen molar-refractivity contribution >= 4 is 0 Å². The summed E-state index contributed by atoms with van der Waals surface area (Å²) in [4.78, 5) is 0. The minimum Gasteiger partial charge on any atom is -0.469 e. The van der Waals surface area contributed by atoms with Crippen LogP contribution in [0.4, 0.5) is 0 Å². The monoisotopic (exact) mass is 187 g/mol. The van der Waals surface area contributed by atoms with Crippen LogP contribution in [0.3, 0.4) is 0 Å². The third-order valence-corrected chi connectivity index (χ3v) is 2.27. The first kappa shape index (κ1) is 9.03. The van der Waals surface area contributed by atoms with Gasteiger partial charge in [0.25, 0.3) is 0 Å². The Morgan fingerprint density at radius 3 is 2.43 bits per heavy atom. The fourth-order valence-electron chi connectivity index (χ4n) is 1.48. The van der Waals surface area contributed by atoms with Crippen LogP contribution in [0.25, 0.3) is 0 Å². The van der Waals surface area contributed by atoms with Crippen LogP contribution >= 0.6 is 0 Å². The van der Waals surface area contributed by atoms with Gasteiger partial charge in [0.2, 0.25) is 0 Å². The molecule has 72 valence electrons. The maximum atomic E-state index is 6.07. The average molecular weight is 187 g/mol. The molecule has 14 heavy (non-hydrogen) atoms. The summed E-state index contributed by atoms with van der Waals surface area (Å²) in [6.45, 7) is 1.92. The van der Waals surface area contributed by atoms with E-state index in [1.54, 1.807) is 6.26 Å². The van der Waals surface area contributed by atoms with E-state index in [0.29, 0.717) is 0 Å². The lowest BCUT2D eigenvalue weighted by Gasteiger charge is -2.08. The zero-order valence-electron chi connectivity index (χ0n) is 8.10. The molecule has 0 aliphatic heterocycles. The van der Waals surface area contributed by atoms with Crippen molar-refractivity contribution in [3.8, 4) is 0 Å². The van der Waals surface area contributed by atoms with E-state index < -0.39 is 0 Å². The summed E-state index contributed by atoms with van der Waals surface area (Å²) in [5.41, 5.74) is 8.20. The lowest BCUT2D eigenvalue weighted by atomic mass is 10.0. The van der Waals surface area contributed by atoms with Crippen molar-refractivity contribution in [3.63, 3.8) is 0 Å². The van der Waals surface area contributed by atoms with Crippen LogP contribution in [0.1, 0.15) is 22.9 Å². The van der Waals surface area contributed by atoms with E-state index >= 15 is 0 Å². The quantitative estimate of drug-likeness (QED) is 0.785. The molecule has 0 bridgehead atoms. The molecule has 0 aliphatic carbocycles. The molecular weight excluding hydrogens is 174 g/mol. The number of benzene rings is 1. The second-order valence-electron chi connectivity index (χ2n) is 3.38. The molecule has 2 rings (SSSR count). The summed E-state index contributed by atoms with van der Waals surface area (Å²) in [5, 5.41) is 0. The van der Waals surface area contributed by atoms with Crippen LogP contribution in [0.2, 0.25) is 0 Å². The van der Waals surface area contributed by atoms with Crippen molar-refractivity contribution in [2.45, 2.75) is 13.0 Å². The van der Waals surface area contributed by atoms with Gasteiger partial charge in [0.15, 0.2) is 0 Å². The summed E-state index contributed by atoms with van der Waals surface area (Å²) in [6, 6.07) is 11.9. The molecule has 2 N–H and O–H groups in total. The maximum absolute atomic E-state index is 6.07. The third kappa shape index (κ3) is 1.70. The van der Waals surface area contributed by atoms with Gasteiger partial charge in [-0.1, -0.05) is 30.3 Å². The molecule has 0 saturated heterocycles. The Bertz CT molecular complexity index is 405. The van der Waals surface area contributed by atoms with Gasteiger partial charge in [0.1, 0.15) is 5.76 Å². The highest BCUT2D eigenvalue weighted by atomic mass is 16.3. The molecule has 2 nitrogen and oxygen atoms in total. The van der Waals surface area contributed by atoms with Crippen molar-refractivity contribution in [3.05, 3.63) is 59.5 Å². The molecule has 0 saturated carbocycles. The van der Waals surface area contributed by atoms with Gasteiger partial charge in [-0.15, -0.1) is 0 Å². The molecule has 0 spiro atoms. The Morgan fingerprint density at radius 1 is 1.14 bits per heavy atom. The van der Waals surface area contributed by atoms with Crippen molar-refractivity contribution in [2.24, 2.45) is 5.73 Å². The molecule has 1 aromatic heterocycles. The SMILES string of the molecule is Cc1cc(C(N)c2ccccc2)co1. The van der Waals surface area contributed by atoms with Crippen LogP contribution in [-0.4, -0.2) is 0 Å². The van der Waals surface area contributed by atoms with Gasteiger partial charge >= 0.3 is 0 Å². The molecule has 0 fully saturated rings. The predicted molar refractivity (Wildman–Crippen MR) is 55.9 cm³/mol. The number of furan rings is 1. The standard InChI is InChI=1S/C12H13NO/c1-9-7-11(8-14-9)12(13)10-5-3-2-4-6-10/h2-8,12H,13H2,1H3. The van der Waals surface area contributed by atoms with Crippen molar-refractivity contribution in [1.29, 1.82) is 0 Å². The van der Waals surface area contributed by atoms with E-state index in [2.05, 4.69) is 0 Å². The zero-order valence-corrected chi connectivity index (χ0v) is 8.10. The minimum atomic E-state index is -0.0892. The zero-order chi connectivity index (χ0) is 9.97. The summed E-state index contributed by atoms with van der Waals surface area (Å²) >= 11 is 0. The van der Waals surface area contributed by atoms with Gasteiger partial charge < -0.3 is 10.2 Å². The maximum Gasteiger partial charge on any atom is 0.101 e. The second kappa shape index (κ2) is 3.68. The van der Waals surface area contributed by atoms with E-state index in [4.69, 9.17) is 10.2 Å². The molecule has 1 aromatic carbocycles. The Morgan fingerprint density at radius 2 is 1.86 bits per heavy atom. The van der Waals surface area contributed by atoms with Gasteiger partial charge in [-0.2, -0.15) is 0 Å². The van der Waals surface area contributed by atoms with Gasteiger partial charge in [-0.05, 0) is 18.6 Å². The smallest absolute Gasteiger partial charge is 0.101 e. The molecule has 2 aromatic rings. The van der Waals surface area contributed by atoms with Gasteiger partial charge in [-0.3, -0.25) is 0 Å². The molecule has 2 heteroatoms. The first-order valence-corrected chi connectivity index (χ1v) is 4.63. The van der Waals surface area contributed by atoms with Gasteiger partial charge in [0, 0.05) is 5.56 Å². The minimum absolute atomic E-state index is 0.0892. The average Bonchev–Trinajstić information content (AvgIpc) is 2.65. The first-order valence-electron chi connectivity index (χ1n) is 4.63. The topological polar surface area (TPSA) is 39.2 Å². The van der Waals surface area contributed by atoms with E-state index in [-0.39, 0.29) is 6.04 Å². The number of aryl methyl sites for hydroxylation is 1. The van der Waals surface area contributed by atoms with Crippen LogP contribution in [-0.2, 0) is 0 Å². The van der Waals surface area contributed by atoms with Crippen molar-refractivity contribution in [1.82, 2.24) is 0 Å². The first-order chi connectivity index (χ1) is 6.77. The third-order valence-electron chi connectivity index (χ3n) is 2.27. The summed E-state index contributed by atoms with van der Waals surface area (Å²) < 4.78 is 5.23. The number of hydrogen-bond donors (Lipinski definition) is 1. The highest BCUT2D eigenvalue weighted by Crippen LogP contribution is 2.20. The van der Waals surface area contributed by atoms with Crippen LogP contribution in [0.5, 0.6) is 0 Å². The van der Waals surface area contributed by atoms with Crippen LogP contribution < -0.4 is 5.73 Å². The largest absolute Gasteiger partial charge is 0.469 e. The summed E-state index contributed by atoms with van der Waals surface area (Å²) in [5.74, 6) is 0.895. The molecule has 1 unspecified atom stereocenters. The van der Waals surface area contributed by atoms with E-state index in [9.17, 15) is 0 Å². The number of nitrogens with two attached hydrogens (primary N) is 1. The van der Waals surface area contributed by atoms with Crippen molar-refractivity contribution < 1.29 is 4.42 Å². The number of hydrogen-bond acceptors (Lipinski definition) is 2. The van der Waals surface area contributed by atoms with Crippen LogP contribution in [0, 0.1) is 6.92 Å². The molecule has 0 amide bonds. The predicted octanol–water partition coefficient (Wildman–Crippen LogP) is 2.64. The highest BCUT2D eigenvalue weighted by molar-refractivity contribution is 5.29. The van der Waals surface area contributed by atoms with Crippen molar-refractivity contribution in [2.75, 3.05) is 0 Å². The highest BCUT2D eigenvalue weighted by Gasteiger charge is 2.09. The molecule has 0 radical (unpaired) electrons. The fraction of sp³-hybridized carbons (Fsp3) is 0.167. The summed E-state index contributed by atoms with van der Waals surface area (Å²) in [7, 11) is 0. The Kier molecular flexibility index (Phi) is 2.37. The lowest BCUT2D eigenvalue weighted by molar-refractivity contribution is 0.530.